The summed E-state index contributed by atoms with van der Waals surface area (Å²) in [5.74, 6) is -0.891. The van der Waals surface area contributed by atoms with Crippen LogP contribution in [0.25, 0.3) is 10.9 Å². The average molecular weight is 387 g/mol. The molecular formula is C20H19ClN2O4. The van der Waals surface area contributed by atoms with Crippen molar-refractivity contribution in [2.75, 3.05) is 6.54 Å². The van der Waals surface area contributed by atoms with Crippen LogP contribution in [0.5, 0.6) is 5.75 Å². The number of halogens is 1. The first-order valence-electron chi connectivity index (χ1n) is 9.15. The van der Waals surface area contributed by atoms with E-state index in [9.17, 15) is 14.4 Å². The van der Waals surface area contributed by atoms with Crippen LogP contribution in [0, 0.1) is 11.8 Å². The lowest BCUT2D eigenvalue weighted by Gasteiger charge is -2.19. The third-order valence-corrected chi connectivity index (χ3v) is 5.70. The van der Waals surface area contributed by atoms with E-state index in [2.05, 4.69) is 4.98 Å². The molecule has 27 heavy (non-hydrogen) atoms. The third kappa shape index (κ3) is 3.30. The van der Waals surface area contributed by atoms with E-state index in [0.29, 0.717) is 21.7 Å². The molecule has 2 fully saturated rings. The summed E-state index contributed by atoms with van der Waals surface area (Å²) in [5, 5.41) is 1.22. The van der Waals surface area contributed by atoms with Crippen LogP contribution in [0.2, 0.25) is 5.02 Å². The molecule has 1 aliphatic heterocycles. The zero-order valence-electron chi connectivity index (χ0n) is 14.7. The number of likely N-dealkylation sites (tertiary alicyclic amines) is 1. The number of hydrogen-bond acceptors (Lipinski definition) is 5. The van der Waals surface area contributed by atoms with Gasteiger partial charge in [-0.2, -0.15) is 0 Å². The van der Waals surface area contributed by atoms with Crippen molar-refractivity contribution >= 4 is 40.3 Å². The number of pyridine rings is 1. The van der Waals surface area contributed by atoms with Gasteiger partial charge in [-0.3, -0.25) is 24.3 Å². The van der Waals surface area contributed by atoms with E-state index < -0.39 is 5.97 Å². The Kier molecular flexibility index (Phi) is 4.83. The molecule has 2 amide bonds. The first kappa shape index (κ1) is 17.9. The largest absolute Gasteiger partial charge is 0.424 e. The number of hydrogen-bond donors (Lipinski definition) is 0. The molecule has 4 rings (SSSR count). The summed E-state index contributed by atoms with van der Waals surface area (Å²) in [6, 6.07) is 6.79. The molecule has 1 saturated heterocycles. The number of carbonyl (C=O) groups excluding carboxylic acids is 3. The van der Waals surface area contributed by atoms with E-state index in [-0.39, 0.29) is 36.6 Å². The minimum atomic E-state index is -0.514. The summed E-state index contributed by atoms with van der Waals surface area (Å²) in [7, 11) is 0. The maximum absolute atomic E-state index is 12.5. The number of amides is 2. The van der Waals surface area contributed by atoms with Gasteiger partial charge in [0.1, 0.15) is 5.52 Å². The Labute approximate surface area is 161 Å². The van der Waals surface area contributed by atoms with Crippen molar-refractivity contribution in [3.05, 3.63) is 35.5 Å². The summed E-state index contributed by atoms with van der Waals surface area (Å²) in [6.07, 6.45) is 5.03. The first-order valence-corrected chi connectivity index (χ1v) is 9.53. The number of esters is 1. The maximum atomic E-state index is 12.5. The van der Waals surface area contributed by atoms with E-state index in [1.165, 1.54) is 4.90 Å². The van der Waals surface area contributed by atoms with Gasteiger partial charge in [0, 0.05) is 18.1 Å². The Morgan fingerprint density at radius 2 is 1.85 bits per heavy atom. The minimum Gasteiger partial charge on any atom is -0.424 e. The van der Waals surface area contributed by atoms with Gasteiger partial charge in [0.25, 0.3) is 0 Å². The molecule has 0 radical (unpaired) electrons. The Bertz CT molecular complexity index is 905. The SMILES string of the molecule is O=C(CCN1C(=O)[C@H]2CCCC[C@H]2C1=O)Oc1ccc(Cl)c2cccnc12. The van der Waals surface area contributed by atoms with E-state index >= 15 is 0 Å². The Hall–Kier alpha value is -2.47. The van der Waals surface area contributed by atoms with Gasteiger partial charge in [-0.15, -0.1) is 0 Å². The second-order valence-corrected chi connectivity index (χ2v) is 7.40. The van der Waals surface area contributed by atoms with Gasteiger partial charge in [-0.25, -0.2) is 0 Å². The smallest absolute Gasteiger partial charge is 0.313 e. The standard InChI is InChI=1S/C20H19ClN2O4/c21-15-7-8-16(18-14(15)6-3-10-22-18)27-17(24)9-11-23-19(25)12-4-1-2-5-13(12)20(23)26/h3,6-8,10,12-13H,1-2,4-5,9,11H2/t12-,13+. The molecule has 6 nitrogen and oxygen atoms in total. The fourth-order valence-corrected chi connectivity index (χ4v) is 4.24. The Balaban J connectivity index is 1.43. The van der Waals surface area contributed by atoms with E-state index in [1.807, 2.05) is 0 Å². The van der Waals surface area contributed by atoms with Gasteiger partial charge >= 0.3 is 5.97 Å². The van der Waals surface area contributed by atoms with Crippen molar-refractivity contribution in [3.63, 3.8) is 0 Å². The van der Waals surface area contributed by atoms with Crippen molar-refractivity contribution in [2.24, 2.45) is 11.8 Å². The van der Waals surface area contributed by atoms with Gasteiger partial charge in [0.2, 0.25) is 11.8 Å². The fraction of sp³-hybridized carbons (Fsp3) is 0.400. The lowest BCUT2D eigenvalue weighted by atomic mass is 9.81. The van der Waals surface area contributed by atoms with E-state index in [4.69, 9.17) is 16.3 Å². The minimum absolute atomic E-state index is 0.0477. The van der Waals surface area contributed by atoms with Crippen LogP contribution in [0.1, 0.15) is 32.1 Å². The number of ether oxygens (including phenoxy) is 1. The highest BCUT2D eigenvalue weighted by molar-refractivity contribution is 6.35. The van der Waals surface area contributed by atoms with E-state index in [1.54, 1.807) is 30.5 Å². The van der Waals surface area contributed by atoms with Crippen molar-refractivity contribution in [1.29, 1.82) is 0 Å². The fourth-order valence-electron chi connectivity index (χ4n) is 4.02. The Morgan fingerprint density at radius 1 is 1.15 bits per heavy atom. The van der Waals surface area contributed by atoms with Gasteiger partial charge in [0.15, 0.2) is 5.75 Å². The number of nitrogens with zero attached hydrogens (tertiary/aromatic N) is 2. The monoisotopic (exact) mass is 386 g/mol. The van der Waals surface area contributed by atoms with Crippen LogP contribution in [0.4, 0.5) is 0 Å². The number of rotatable bonds is 4. The quantitative estimate of drug-likeness (QED) is 0.457. The highest BCUT2D eigenvalue weighted by Gasteiger charge is 2.47. The summed E-state index contributed by atoms with van der Waals surface area (Å²) in [5.41, 5.74) is 0.498. The molecule has 2 aliphatic rings. The third-order valence-electron chi connectivity index (χ3n) is 5.38. The predicted octanol–water partition coefficient (Wildman–Crippen LogP) is 3.36. The number of aromatic nitrogens is 1. The molecular weight excluding hydrogens is 368 g/mol. The molecule has 140 valence electrons. The van der Waals surface area contributed by atoms with Gasteiger partial charge in [0.05, 0.1) is 23.3 Å². The van der Waals surface area contributed by atoms with Crippen LogP contribution < -0.4 is 4.74 Å². The highest BCUT2D eigenvalue weighted by Crippen LogP contribution is 2.38. The summed E-state index contributed by atoms with van der Waals surface area (Å²) < 4.78 is 5.42. The predicted molar refractivity (Wildman–Crippen MR) is 99.2 cm³/mol. The van der Waals surface area contributed by atoms with Crippen molar-refractivity contribution < 1.29 is 19.1 Å². The molecule has 0 spiro atoms. The summed E-state index contributed by atoms with van der Waals surface area (Å²) in [6.45, 7) is 0.0580. The number of imide groups is 1. The zero-order valence-corrected chi connectivity index (χ0v) is 15.4. The van der Waals surface area contributed by atoms with Gasteiger partial charge < -0.3 is 4.74 Å². The van der Waals surface area contributed by atoms with Crippen molar-refractivity contribution in [3.8, 4) is 5.75 Å². The number of fused-ring (bicyclic) bond motifs is 2. The molecule has 2 atom stereocenters. The maximum Gasteiger partial charge on any atom is 0.313 e. The molecule has 2 heterocycles. The zero-order chi connectivity index (χ0) is 19.0. The molecule has 0 N–H and O–H groups in total. The molecule has 1 aromatic heterocycles. The summed E-state index contributed by atoms with van der Waals surface area (Å²) in [4.78, 5) is 42.7. The van der Waals surface area contributed by atoms with Crippen LogP contribution in [-0.4, -0.2) is 34.2 Å². The van der Waals surface area contributed by atoms with Crippen LogP contribution >= 0.6 is 11.6 Å². The topological polar surface area (TPSA) is 76.6 Å². The molecule has 7 heteroatoms. The molecule has 1 saturated carbocycles. The first-order chi connectivity index (χ1) is 13.1. The van der Waals surface area contributed by atoms with Gasteiger partial charge in [-0.1, -0.05) is 24.4 Å². The molecule has 2 aromatic rings. The second-order valence-electron chi connectivity index (χ2n) is 6.99. The summed E-state index contributed by atoms with van der Waals surface area (Å²) >= 11 is 6.14. The molecule has 0 unspecified atom stereocenters. The number of carbonyl (C=O) groups is 3. The van der Waals surface area contributed by atoms with Crippen molar-refractivity contribution in [2.45, 2.75) is 32.1 Å². The van der Waals surface area contributed by atoms with Crippen LogP contribution in [0.3, 0.4) is 0 Å². The van der Waals surface area contributed by atoms with Crippen molar-refractivity contribution in [1.82, 2.24) is 9.88 Å². The molecule has 0 bridgehead atoms. The highest BCUT2D eigenvalue weighted by atomic mass is 35.5. The Morgan fingerprint density at radius 3 is 2.56 bits per heavy atom. The lowest BCUT2D eigenvalue weighted by Crippen LogP contribution is -2.33. The lowest BCUT2D eigenvalue weighted by molar-refractivity contribution is -0.141. The van der Waals surface area contributed by atoms with Crippen LogP contribution in [0.15, 0.2) is 30.5 Å². The van der Waals surface area contributed by atoms with E-state index in [0.717, 1.165) is 25.7 Å². The molecule has 1 aromatic carbocycles. The van der Waals surface area contributed by atoms with Crippen LogP contribution in [-0.2, 0) is 14.4 Å². The average Bonchev–Trinajstić information content (AvgIpc) is 2.93. The second kappa shape index (κ2) is 7.27. The normalized spacial score (nSPS) is 22.2. The van der Waals surface area contributed by atoms with Gasteiger partial charge in [-0.05, 0) is 37.1 Å². The molecule has 1 aliphatic carbocycles. The number of benzene rings is 1.